The van der Waals surface area contributed by atoms with Crippen LogP contribution in [0.5, 0.6) is 0 Å². The molecule has 0 saturated carbocycles. The largest absolute Gasteiger partial charge is 0.381 e. The van der Waals surface area contributed by atoms with Crippen LogP contribution in [0.1, 0.15) is 39.5 Å². The van der Waals surface area contributed by atoms with Crippen LogP contribution in [0.4, 0.5) is 0 Å². The standard InChI is InChI=1S/C13H28NO2P/c1-12(2)13(15)14(3)8-4-5-9-16-10-6-7-11-17/h12H,4-11,17H2,1-3H3. The fraction of sp³-hybridized carbons (Fsp3) is 0.923. The first-order valence-corrected chi connectivity index (χ1v) is 7.44. The van der Waals surface area contributed by atoms with Crippen LogP contribution in [0.15, 0.2) is 0 Å². The number of carbonyl (C=O) groups excluding carboxylic acids is 1. The molecule has 0 heterocycles. The van der Waals surface area contributed by atoms with E-state index in [0.29, 0.717) is 0 Å². The molecule has 0 radical (unpaired) electrons. The van der Waals surface area contributed by atoms with Crippen molar-refractivity contribution in [1.82, 2.24) is 4.90 Å². The molecule has 102 valence electrons. The molecule has 0 spiro atoms. The van der Waals surface area contributed by atoms with Gasteiger partial charge in [-0.2, -0.15) is 0 Å². The normalized spacial score (nSPS) is 10.9. The van der Waals surface area contributed by atoms with Crippen LogP contribution in [-0.2, 0) is 9.53 Å². The minimum Gasteiger partial charge on any atom is -0.381 e. The third-order valence-electron chi connectivity index (χ3n) is 2.65. The van der Waals surface area contributed by atoms with Crippen LogP contribution in [-0.4, -0.2) is 43.8 Å². The summed E-state index contributed by atoms with van der Waals surface area (Å²) in [6.45, 7) is 6.41. The van der Waals surface area contributed by atoms with Crippen LogP contribution in [0.25, 0.3) is 0 Å². The third kappa shape index (κ3) is 9.55. The molecule has 3 nitrogen and oxygen atoms in total. The highest BCUT2D eigenvalue weighted by Gasteiger charge is 2.11. The lowest BCUT2D eigenvalue weighted by Crippen LogP contribution is -2.31. The average molecular weight is 261 g/mol. The summed E-state index contributed by atoms with van der Waals surface area (Å²) in [7, 11) is 4.60. The Hall–Kier alpha value is -0.140. The smallest absolute Gasteiger partial charge is 0.224 e. The maximum absolute atomic E-state index is 11.6. The fourth-order valence-electron chi connectivity index (χ4n) is 1.55. The monoisotopic (exact) mass is 261 g/mol. The van der Waals surface area contributed by atoms with E-state index in [0.717, 1.165) is 45.2 Å². The minimum atomic E-state index is 0.100. The Morgan fingerprint density at radius 3 is 2.29 bits per heavy atom. The lowest BCUT2D eigenvalue weighted by atomic mass is 10.2. The molecular weight excluding hydrogens is 233 g/mol. The fourth-order valence-corrected chi connectivity index (χ4v) is 1.84. The molecule has 0 aromatic heterocycles. The summed E-state index contributed by atoms with van der Waals surface area (Å²) < 4.78 is 5.51. The SMILES string of the molecule is CC(C)C(=O)N(C)CCCCOCCCCP. The summed E-state index contributed by atoms with van der Waals surface area (Å²) in [5.41, 5.74) is 0. The summed E-state index contributed by atoms with van der Waals surface area (Å²) in [6.07, 6.45) is 5.59. The van der Waals surface area contributed by atoms with Gasteiger partial charge in [0.05, 0.1) is 0 Å². The molecule has 1 unspecified atom stereocenters. The Bertz CT molecular complexity index is 198. The Balaban J connectivity index is 3.30. The van der Waals surface area contributed by atoms with Crippen LogP contribution in [0.2, 0.25) is 0 Å². The van der Waals surface area contributed by atoms with Crippen LogP contribution in [0, 0.1) is 5.92 Å². The highest BCUT2D eigenvalue weighted by molar-refractivity contribution is 7.16. The van der Waals surface area contributed by atoms with E-state index in [9.17, 15) is 4.79 Å². The van der Waals surface area contributed by atoms with Gasteiger partial charge < -0.3 is 9.64 Å². The average Bonchev–Trinajstić information content (AvgIpc) is 2.31. The predicted octanol–water partition coefficient (Wildman–Crippen LogP) is 2.55. The maximum Gasteiger partial charge on any atom is 0.224 e. The van der Waals surface area contributed by atoms with Crippen molar-refractivity contribution in [3.8, 4) is 0 Å². The van der Waals surface area contributed by atoms with Gasteiger partial charge in [0, 0.05) is 32.7 Å². The van der Waals surface area contributed by atoms with Crippen molar-refractivity contribution in [2.24, 2.45) is 5.92 Å². The summed E-state index contributed by atoms with van der Waals surface area (Å²) in [5.74, 6) is 0.328. The molecule has 0 aliphatic rings. The summed E-state index contributed by atoms with van der Waals surface area (Å²) in [6, 6.07) is 0. The zero-order chi connectivity index (χ0) is 13.1. The molecule has 0 aromatic carbocycles. The number of rotatable bonds is 10. The molecule has 1 amide bonds. The zero-order valence-corrected chi connectivity index (χ0v) is 12.7. The Morgan fingerprint density at radius 1 is 1.18 bits per heavy atom. The molecule has 0 aromatic rings. The van der Waals surface area contributed by atoms with Gasteiger partial charge in [0.2, 0.25) is 5.91 Å². The van der Waals surface area contributed by atoms with Crippen molar-refractivity contribution in [2.45, 2.75) is 39.5 Å². The van der Waals surface area contributed by atoms with Gasteiger partial charge in [0.1, 0.15) is 0 Å². The topological polar surface area (TPSA) is 29.5 Å². The molecule has 0 aliphatic carbocycles. The van der Waals surface area contributed by atoms with Gasteiger partial charge in [0.15, 0.2) is 0 Å². The first kappa shape index (κ1) is 16.9. The van der Waals surface area contributed by atoms with Gasteiger partial charge in [-0.05, 0) is 31.8 Å². The van der Waals surface area contributed by atoms with Gasteiger partial charge in [0.25, 0.3) is 0 Å². The third-order valence-corrected chi connectivity index (χ3v) is 3.05. The second kappa shape index (κ2) is 11.0. The first-order valence-electron chi connectivity index (χ1n) is 6.62. The molecule has 0 aliphatic heterocycles. The summed E-state index contributed by atoms with van der Waals surface area (Å²) in [4.78, 5) is 13.4. The van der Waals surface area contributed by atoms with E-state index >= 15 is 0 Å². The van der Waals surface area contributed by atoms with Crippen molar-refractivity contribution < 1.29 is 9.53 Å². The van der Waals surface area contributed by atoms with E-state index in [1.807, 2.05) is 25.8 Å². The van der Waals surface area contributed by atoms with E-state index < -0.39 is 0 Å². The van der Waals surface area contributed by atoms with Crippen LogP contribution < -0.4 is 0 Å². The van der Waals surface area contributed by atoms with E-state index in [-0.39, 0.29) is 11.8 Å². The lowest BCUT2D eigenvalue weighted by Gasteiger charge is -2.19. The van der Waals surface area contributed by atoms with Crippen LogP contribution >= 0.6 is 9.24 Å². The van der Waals surface area contributed by atoms with Crippen molar-refractivity contribution in [3.05, 3.63) is 0 Å². The number of unbranched alkanes of at least 4 members (excludes halogenated alkanes) is 2. The molecule has 4 heteroatoms. The predicted molar refractivity (Wildman–Crippen MR) is 76.3 cm³/mol. The molecular formula is C13H28NO2P. The first-order chi connectivity index (χ1) is 8.09. The van der Waals surface area contributed by atoms with Gasteiger partial charge in [-0.25, -0.2) is 0 Å². The number of ether oxygens (including phenoxy) is 1. The Labute approximate surface area is 108 Å². The number of hydrogen-bond acceptors (Lipinski definition) is 2. The maximum atomic E-state index is 11.6. The second-order valence-electron chi connectivity index (χ2n) is 4.73. The van der Waals surface area contributed by atoms with Gasteiger partial charge in [-0.15, -0.1) is 9.24 Å². The quantitative estimate of drug-likeness (QED) is 0.447. The van der Waals surface area contributed by atoms with Gasteiger partial charge in [-0.1, -0.05) is 13.8 Å². The molecule has 0 N–H and O–H groups in total. The minimum absolute atomic E-state index is 0.100. The number of nitrogens with zero attached hydrogens (tertiary/aromatic N) is 1. The molecule has 0 saturated heterocycles. The number of hydrogen-bond donors (Lipinski definition) is 0. The van der Waals surface area contributed by atoms with Crippen molar-refractivity contribution in [2.75, 3.05) is 33.0 Å². The van der Waals surface area contributed by atoms with Crippen LogP contribution in [0.3, 0.4) is 0 Å². The second-order valence-corrected chi connectivity index (χ2v) is 5.31. The van der Waals surface area contributed by atoms with Gasteiger partial charge >= 0.3 is 0 Å². The Morgan fingerprint density at radius 2 is 1.76 bits per heavy atom. The lowest BCUT2D eigenvalue weighted by molar-refractivity contribution is -0.133. The highest BCUT2D eigenvalue weighted by Crippen LogP contribution is 2.02. The molecule has 17 heavy (non-hydrogen) atoms. The Kier molecular flexibility index (Phi) is 10.9. The van der Waals surface area contributed by atoms with Crippen molar-refractivity contribution in [1.29, 1.82) is 0 Å². The number of carbonyl (C=O) groups is 1. The number of amides is 1. The summed E-state index contributed by atoms with van der Waals surface area (Å²) >= 11 is 0. The highest BCUT2D eigenvalue weighted by atomic mass is 31.0. The molecule has 0 fully saturated rings. The van der Waals surface area contributed by atoms with Crippen molar-refractivity contribution >= 4 is 15.1 Å². The van der Waals surface area contributed by atoms with E-state index in [2.05, 4.69) is 9.24 Å². The molecule has 0 bridgehead atoms. The molecule has 1 atom stereocenters. The molecule has 0 rings (SSSR count). The van der Waals surface area contributed by atoms with E-state index in [4.69, 9.17) is 4.74 Å². The summed E-state index contributed by atoms with van der Waals surface area (Å²) in [5, 5.41) is 0. The van der Waals surface area contributed by atoms with E-state index in [1.54, 1.807) is 0 Å². The zero-order valence-electron chi connectivity index (χ0n) is 11.6. The van der Waals surface area contributed by atoms with Gasteiger partial charge in [-0.3, -0.25) is 4.79 Å². The van der Waals surface area contributed by atoms with E-state index in [1.165, 1.54) is 6.42 Å². The van der Waals surface area contributed by atoms with Crippen molar-refractivity contribution in [3.63, 3.8) is 0 Å².